The molecule has 0 aromatic heterocycles. The van der Waals surface area contributed by atoms with Crippen molar-refractivity contribution < 1.29 is 32.9 Å². The molecule has 0 aliphatic carbocycles. The van der Waals surface area contributed by atoms with E-state index in [1.807, 2.05) is 27.2 Å². The van der Waals surface area contributed by atoms with Crippen LogP contribution in [0.5, 0.6) is 0 Å². The van der Waals surface area contributed by atoms with Crippen LogP contribution in [-0.2, 0) is 18.4 Å². The van der Waals surface area contributed by atoms with E-state index < -0.39 is 20.0 Å². The first-order valence-corrected chi connectivity index (χ1v) is 29.3. The van der Waals surface area contributed by atoms with Crippen LogP contribution in [0.2, 0.25) is 0 Å². The van der Waals surface area contributed by atoms with Crippen LogP contribution >= 0.6 is 7.82 Å². The van der Waals surface area contributed by atoms with E-state index >= 15 is 0 Å². The first-order chi connectivity index (χ1) is 32.5. The summed E-state index contributed by atoms with van der Waals surface area (Å²) in [6.07, 6.45) is 67.5. The Labute approximate surface area is 414 Å². The van der Waals surface area contributed by atoms with E-state index in [1.165, 1.54) is 154 Å². The quantitative estimate of drug-likeness (QED) is 0.0243. The number of phosphoric acid groups is 1. The predicted octanol–water partition coefficient (Wildman–Crippen LogP) is 16.7. The van der Waals surface area contributed by atoms with E-state index in [0.29, 0.717) is 17.4 Å². The Morgan fingerprint density at radius 2 is 0.910 bits per heavy atom. The van der Waals surface area contributed by atoms with Gasteiger partial charge in [0.15, 0.2) is 0 Å². The number of aliphatic hydroxyl groups is 1. The maximum Gasteiger partial charge on any atom is 0.472 e. The first-order valence-electron chi connectivity index (χ1n) is 27.8. The summed E-state index contributed by atoms with van der Waals surface area (Å²) in [5.74, 6) is -0.188. The lowest BCUT2D eigenvalue weighted by Crippen LogP contribution is -2.45. The van der Waals surface area contributed by atoms with Crippen molar-refractivity contribution in [2.24, 2.45) is 0 Å². The van der Waals surface area contributed by atoms with Crippen LogP contribution in [0.4, 0.5) is 0 Å². The summed E-state index contributed by atoms with van der Waals surface area (Å²) in [5.41, 5.74) is 0. The van der Waals surface area contributed by atoms with Crippen molar-refractivity contribution in [3.05, 3.63) is 72.9 Å². The number of hydrogen-bond donors (Lipinski definition) is 3. The van der Waals surface area contributed by atoms with Crippen LogP contribution in [0.15, 0.2) is 72.9 Å². The third kappa shape index (κ3) is 51.6. The van der Waals surface area contributed by atoms with Crippen LogP contribution < -0.4 is 5.32 Å². The maximum atomic E-state index is 12.9. The van der Waals surface area contributed by atoms with Gasteiger partial charge < -0.3 is 19.8 Å². The van der Waals surface area contributed by atoms with Gasteiger partial charge in [-0.3, -0.25) is 13.8 Å². The van der Waals surface area contributed by atoms with E-state index in [1.54, 1.807) is 6.08 Å². The molecule has 0 fully saturated rings. The van der Waals surface area contributed by atoms with Crippen molar-refractivity contribution in [2.75, 3.05) is 40.9 Å². The summed E-state index contributed by atoms with van der Waals surface area (Å²) >= 11 is 0. The second-order valence-electron chi connectivity index (χ2n) is 19.9. The highest BCUT2D eigenvalue weighted by Crippen LogP contribution is 2.43. The summed E-state index contributed by atoms with van der Waals surface area (Å²) < 4.78 is 23.6. The second kappa shape index (κ2) is 48.9. The van der Waals surface area contributed by atoms with Gasteiger partial charge in [0.1, 0.15) is 13.2 Å². The van der Waals surface area contributed by atoms with Gasteiger partial charge in [0.25, 0.3) is 0 Å². The van der Waals surface area contributed by atoms with Gasteiger partial charge in [0.05, 0.1) is 39.9 Å². The fourth-order valence-corrected chi connectivity index (χ4v) is 8.55. The number of phosphoric ester groups is 1. The molecule has 0 aromatic rings. The van der Waals surface area contributed by atoms with Gasteiger partial charge in [0.2, 0.25) is 5.91 Å². The van der Waals surface area contributed by atoms with Crippen LogP contribution in [0.1, 0.15) is 239 Å². The lowest BCUT2D eigenvalue weighted by Gasteiger charge is -2.25. The zero-order chi connectivity index (χ0) is 49.2. The van der Waals surface area contributed by atoms with E-state index in [0.717, 1.165) is 64.2 Å². The normalized spacial score (nSPS) is 14.6. The summed E-state index contributed by atoms with van der Waals surface area (Å²) in [5, 5.41) is 13.8. The number of amides is 1. The number of nitrogens with zero attached hydrogens (tertiary/aromatic N) is 1. The molecule has 3 unspecified atom stereocenters. The van der Waals surface area contributed by atoms with Gasteiger partial charge in [-0.25, -0.2) is 4.57 Å². The monoisotopic (exact) mass is 960 g/mol. The molecule has 9 heteroatoms. The molecule has 0 saturated heterocycles. The minimum Gasteiger partial charge on any atom is -0.387 e. The van der Waals surface area contributed by atoms with E-state index in [2.05, 4.69) is 79.9 Å². The molecular formula is C58H108N2O6P+. The molecule has 0 saturated carbocycles. The molecular weight excluding hydrogens is 852 g/mol. The lowest BCUT2D eigenvalue weighted by molar-refractivity contribution is -0.870. The number of nitrogens with one attached hydrogen (secondary N) is 1. The number of carbonyl (C=O) groups excluding carboxylic acids is 1. The van der Waals surface area contributed by atoms with Crippen molar-refractivity contribution >= 4 is 13.7 Å². The third-order valence-electron chi connectivity index (χ3n) is 12.2. The Morgan fingerprint density at radius 3 is 1.37 bits per heavy atom. The van der Waals surface area contributed by atoms with Crippen LogP contribution in [0.3, 0.4) is 0 Å². The molecule has 0 radical (unpaired) electrons. The Morgan fingerprint density at radius 1 is 0.522 bits per heavy atom. The Kier molecular flexibility index (Phi) is 47.4. The van der Waals surface area contributed by atoms with Crippen LogP contribution in [0, 0.1) is 0 Å². The summed E-state index contributed by atoms with van der Waals surface area (Å²) in [6, 6.07) is -0.862. The van der Waals surface area contributed by atoms with Gasteiger partial charge >= 0.3 is 7.82 Å². The van der Waals surface area contributed by atoms with Gasteiger partial charge in [0, 0.05) is 6.42 Å². The Hall–Kier alpha value is -2.06. The number of rotatable bonds is 50. The lowest BCUT2D eigenvalue weighted by atomic mass is 10.0. The fourth-order valence-electron chi connectivity index (χ4n) is 7.81. The van der Waals surface area contributed by atoms with Crippen molar-refractivity contribution in [2.45, 2.75) is 251 Å². The summed E-state index contributed by atoms with van der Waals surface area (Å²) in [6.45, 7) is 4.65. The average molecular weight is 960 g/mol. The Bertz CT molecular complexity index is 1320. The average Bonchev–Trinajstić information content (AvgIpc) is 3.29. The maximum absolute atomic E-state index is 12.9. The number of aliphatic hydroxyl groups excluding tert-OH is 1. The van der Waals surface area contributed by atoms with Crippen molar-refractivity contribution in [1.29, 1.82) is 0 Å². The van der Waals surface area contributed by atoms with Crippen molar-refractivity contribution in [3.8, 4) is 0 Å². The van der Waals surface area contributed by atoms with E-state index in [4.69, 9.17) is 9.05 Å². The van der Waals surface area contributed by atoms with Crippen molar-refractivity contribution in [3.63, 3.8) is 0 Å². The molecule has 390 valence electrons. The minimum absolute atomic E-state index is 0.0553. The van der Waals surface area contributed by atoms with E-state index in [9.17, 15) is 19.4 Å². The summed E-state index contributed by atoms with van der Waals surface area (Å²) in [7, 11) is 1.55. The number of unbranched alkanes of at least 4 members (excludes halogenated alkanes) is 27. The Balaban J connectivity index is 3.93. The highest BCUT2D eigenvalue weighted by atomic mass is 31.2. The second-order valence-corrected chi connectivity index (χ2v) is 21.4. The molecule has 0 aliphatic heterocycles. The first kappa shape index (κ1) is 64.9. The largest absolute Gasteiger partial charge is 0.472 e. The number of hydrogen-bond acceptors (Lipinski definition) is 5. The zero-order valence-electron chi connectivity index (χ0n) is 44.4. The van der Waals surface area contributed by atoms with Gasteiger partial charge in [-0.15, -0.1) is 0 Å². The van der Waals surface area contributed by atoms with Crippen LogP contribution in [0.25, 0.3) is 0 Å². The zero-order valence-corrected chi connectivity index (χ0v) is 45.3. The molecule has 0 rings (SSSR count). The molecule has 3 N–H and O–H groups in total. The minimum atomic E-state index is -4.35. The molecule has 1 amide bonds. The van der Waals surface area contributed by atoms with E-state index in [-0.39, 0.29) is 19.1 Å². The highest BCUT2D eigenvalue weighted by Gasteiger charge is 2.27. The summed E-state index contributed by atoms with van der Waals surface area (Å²) in [4.78, 5) is 23.2. The van der Waals surface area contributed by atoms with Gasteiger partial charge in [-0.2, -0.15) is 0 Å². The van der Waals surface area contributed by atoms with Gasteiger partial charge in [-0.05, 0) is 70.6 Å². The molecule has 0 heterocycles. The molecule has 0 spiro atoms. The molecule has 8 nitrogen and oxygen atoms in total. The molecule has 0 aromatic carbocycles. The number of quaternary nitrogens is 1. The predicted molar refractivity (Wildman–Crippen MR) is 290 cm³/mol. The van der Waals surface area contributed by atoms with Gasteiger partial charge in [-0.1, -0.05) is 234 Å². The smallest absolute Gasteiger partial charge is 0.387 e. The molecule has 67 heavy (non-hydrogen) atoms. The molecule has 0 bridgehead atoms. The number of carbonyl (C=O) groups is 1. The topological polar surface area (TPSA) is 105 Å². The van der Waals surface area contributed by atoms with Crippen molar-refractivity contribution in [1.82, 2.24) is 5.32 Å². The number of allylic oxidation sites excluding steroid dienone is 11. The highest BCUT2D eigenvalue weighted by molar-refractivity contribution is 7.47. The molecule has 0 aliphatic rings. The SMILES string of the molecule is CC/C=C\C/C=C\C/C=C\C/C=C\CCCCCCCCCCCCCCCCCCCCCCCCC(=O)NC(COP(=O)(O)OCC[N+](C)(C)C)C(O)/C=C/CC/C=C/CCCCCC. The standard InChI is InChI=1S/C58H107N2O6P/c1-6-8-10-12-14-16-18-19-20-21-22-23-24-25-26-27-28-29-30-31-32-33-34-35-36-37-38-39-40-41-42-44-46-48-50-52-58(62)59-56(55-66-67(63,64)65-54-53-60(3,4)5)57(61)51-49-47-45-43-17-15-13-11-9-7-2/h8,10,14,16-17,19-20,22-23,43,49,51,56-57,61H,6-7,9,11-13,15,18,21,24-42,44-48,50,52-55H2,1-5H3,(H-,59,62,63,64)/p+1/b10-8-,16-14-,20-19-,23-22-,43-17+,51-49+. The fraction of sp³-hybridized carbons (Fsp3) is 0.776. The number of likely N-dealkylation sites (N-methyl/N-ethyl adjacent to an activating group) is 1. The third-order valence-corrected chi connectivity index (χ3v) is 13.1. The molecule has 3 atom stereocenters. The van der Waals surface area contributed by atoms with Crippen LogP contribution in [-0.4, -0.2) is 73.4 Å².